The first-order chi connectivity index (χ1) is 11.3. The topological polar surface area (TPSA) is 46.3 Å². The molecule has 1 amide bonds. The van der Waals surface area contributed by atoms with Gasteiger partial charge < -0.3 is 10.6 Å². The summed E-state index contributed by atoms with van der Waals surface area (Å²) >= 11 is 0. The third-order valence-electron chi connectivity index (χ3n) is 4.72. The predicted molar refractivity (Wildman–Crippen MR) is 93.3 cm³/mol. The molecule has 0 saturated carbocycles. The molecular formula is C20H24N2O. The number of amides is 1. The summed E-state index contributed by atoms with van der Waals surface area (Å²) in [5.41, 5.74) is 8.83. The van der Waals surface area contributed by atoms with Crippen LogP contribution in [0, 0.1) is 0 Å². The molecule has 3 nitrogen and oxygen atoms in total. The van der Waals surface area contributed by atoms with Crippen molar-refractivity contribution in [2.75, 3.05) is 13.1 Å². The lowest BCUT2D eigenvalue weighted by Crippen LogP contribution is -2.32. The maximum Gasteiger partial charge on any atom is 0.253 e. The Morgan fingerprint density at radius 2 is 1.74 bits per heavy atom. The first-order valence-corrected chi connectivity index (χ1v) is 8.41. The van der Waals surface area contributed by atoms with E-state index < -0.39 is 0 Å². The number of carbonyl (C=O) groups is 1. The Labute approximate surface area is 138 Å². The van der Waals surface area contributed by atoms with Crippen molar-refractivity contribution in [2.24, 2.45) is 5.73 Å². The Morgan fingerprint density at radius 1 is 1.00 bits per heavy atom. The van der Waals surface area contributed by atoms with E-state index in [1.54, 1.807) is 0 Å². The Morgan fingerprint density at radius 3 is 2.43 bits per heavy atom. The molecule has 23 heavy (non-hydrogen) atoms. The van der Waals surface area contributed by atoms with Crippen molar-refractivity contribution in [1.82, 2.24) is 4.90 Å². The second kappa shape index (κ2) is 7.42. The lowest BCUT2D eigenvalue weighted by atomic mass is 9.92. The highest BCUT2D eigenvalue weighted by molar-refractivity contribution is 5.94. The highest BCUT2D eigenvalue weighted by Crippen LogP contribution is 2.28. The summed E-state index contributed by atoms with van der Waals surface area (Å²) in [6.45, 7) is 2.19. The summed E-state index contributed by atoms with van der Waals surface area (Å²) in [6, 6.07) is 18.3. The summed E-state index contributed by atoms with van der Waals surface area (Å²) in [6.07, 6.45) is 3.25. The van der Waals surface area contributed by atoms with Crippen molar-refractivity contribution in [3.63, 3.8) is 0 Å². The van der Waals surface area contributed by atoms with E-state index in [0.717, 1.165) is 43.5 Å². The van der Waals surface area contributed by atoms with Gasteiger partial charge in [-0.2, -0.15) is 0 Å². The van der Waals surface area contributed by atoms with Crippen LogP contribution in [0.5, 0.6) is 0 Å². The third-order valence-corrected chi connectivity index (χ3v) is 4.72. The van der Waals surface area contributed by atoms with Crippen molar-refractivity contribution in [3.8, 4) is 0 Å². The van der Waals surface area contributed by atoms with Crippen LogP contribution in [-0.2, 0) is 6.54 Å². The van der Waals surface area contributed by atoms with Gasteiger partial charge in [-0.15, -0.1) is 0 Å². The number of rotatable bonds is 3. The highest BCUT2D eigenvalue weighted by Gasteiger charge is 2.22. The fourth-order valence-electron chi connectivity index (χ4n) is 3.32. The minimum Gasteiger partial charge on any atom is -0.339 e. The zero-order chi connectivity index (χ0) is 16.1. The molecule has 0 aliphatic carbocycles. The van der Waals surface area contributed by atoms with Crippen molar-refractivity contribution < 1.29 is 4.79 Å². The van der Waals surface area contributed by atoms with E-state index in [2.05, 4.69) is 30.3 Å². The lowest BCUT2D eigenvalue weighted by molar-refractivity contribution is 0.0761. The van der Waals surface area contributed by atoms with Gasteiger partial charge in [-0.1, -0.05) is 42.5 Å². The number of hydrogen-bond donors (Lipinski definition) is 1. The van der Waals surface area contributed by atoms with Gasteiger partial charge >= 0.3 is 0 Å². The van der Waals surface area contributed by atoms with Crippen LogP contribution in [0.2, 0.25) is 0 Å². The lowest BCUT2D eigenvalue weighted by Gasteiger charge is -2.21. The summed E-state index contributed by atoms with van der Waals surface area (Å²) in [5.74, 6) is 0.705. The Kier molecular flexibility index (Phi) is 5.09. The molecule has 1 aliphatic heterocycles. The van der Waals surface area contributed by atoms with Gasteiger partial charge in [0.2, 0.25) is 0 Å². The minimum atomic E-state index is 0.141. The van der Waals surface area contributed by atoms with Gasteiger partial charge in [0.05, 0.1) is 0 Å². The first-order valence-electron chi connectivity index (χ1n) is 8.41. The van der Waals surface area contributed by atoms with Gasteiger partial charge in [-0.3, -0.25) is 4.79 Å². The predicted octanol–water partition coefficient (Wildman–Crippen LogP) is 3.56. The summed E-state index contributed by atoms with van der Waals surface area (Å²) < 4.78 is 0. The number of hydrogen-bond acceptors (Lipinski definition) is 2. The van der Waals surface area contributed by atoms with Crippen molar-refractivity contribution in [3.05, 3.63) is 71.3 Å². The standard InChI is InChI=1S/C20H24N2O/c21-15-16-8-10-19(11-9-16)20(23)22-13-4-7-18(12-14-22)17-5-2-1-3-6-17/h1-3,5-6,8-11,18H,4,7,12-15,21H2. The molecule has 0 spiro atoms. The van der Waals surface area contributed by atoms with Gasteiger partial charge in [-0.25, -0.2) is 0 Å². The van der Waals surface area contributed by atoms with Crippen LogP contribution in [0.25, 0.3) is 0 Å². The van der Waals surface area contributed by atoms with Crippen LogP contribution < -0.4 is 5.73 Å². The van der Waals surface area contributed by atoms with Crippen LogP contribution in [0.1, 0.15) is 46.7 Å². The molecule has 2 aromatic carbocycles. The average Bonchev–Trinajstić information content (AvgIpc) is 2.88. The van der Waals surface area contributed by atoms with E-state index in [1.165, 1.54) is 5.56 Å². The first kappa shape index (κ1) is 15.8. The maximum atomic E-state index is 12.7. The molecule has 120 valence electrons. The quantitative estimate of drug-likeness (QED) is 0.942. The van der Waals surface area contributed by atoms with E-state index in [0.29, 0.717) is 12.5 Å². The largest absolute Gasteiger partial charge is 0.339 e. The second-order valence-corrected chi connectivity index (χ2v) is 6.23. The SMILES string of the molecule is NCc1ccc(C(=O)N2CCCC(c3ccccc3)CC2)cc1. The van der Waals surface area contributed by atoms with Gasteiger partial charge in [0, 0.05) is 25.2 Å². The van der Waals surface area contributed by atoms with Crippen molar-refractivity contribution in [1.29, 1.82) is 0 Å². The smallest absolute Gasteiger partial charge is 0.253 e. The molecule has 1 fully saturated rings. The number of nitrogens with zero attached hydrogens (tertiary/aromatic N) is 1. The van der Waals surface area contributed by atoms with Gasteiger partial charge in [-0.05, 0) is 48.4 Å². The normalized spacial score (nSPS) is 18.5. The number of nitrogens with two attached hydrogens (primary N) is 1. The van der Waals surface area contributed by atoms with E-state index in [1.807, 2.05) is 29.2 Å². The fourth-order valence-corrected chi connectivity index (χ4v) is 3.32. The van der Waals surface area contributed by atoms with E-state index in [9.17, 15) is 4.79 Å². The van der Waals surface area contributed by atoms with Crippen LogP contribution >= 0.6 is 0 Å². The molecule has 0 radical (unpaired) electrons. The molecule has 0 aromatic heterocycles. The molecule has 3 heteroatoms. The van der Waals surface area contributed by atoms with Gasteiger partial charge in [0.25, 0.3) is 5.91 Å². The molecule has 1 atom stereocenters. The van der Waals surface area contributed by atoms with E-state index in [-0.39, 0.29) is 5.91 Å². The van der Waals surface area contributed by atoms with Crippen LogP contribution in [0.15, 0.2) is 54.6 Å². The van der Waals surface area contributed by atoms with Gasteiger partial charge in [0.15, 0.2) is 0 Å². The second-order valence-electron chi connectivity index (χ2n) is 6.23. The zero-order valence-corrected chi connectivity index (χ0v) is 13.4. The fraction of sp³-hybridized carbons (Fsp3) is 0.350. The zero-order valence-electron chi connectivity index (χ0n) is 13.4. The molecule has 1 aliphatic rings. The number of likely N-dealkylation sites (tertiary alicyclic amines) is 1. The maximum absolute atomic E-state index is 12.7. The molecule has 0 bridgehead atoms. The molecule has 1 saturated heterocycles. The Hall–Kier alpha value is -2.13. The number of carbonyl (C=O) groups excluding carboxylic acids is 1. The molecule has 1 unspecified atom stereocenters. The molecular weight excluding hydrogens is 284 g/mol. The van der Waals surface area contributed by atoms with Crippen LogP contribution in [-0.4, -0.2) is 23.9 Å². The summed E-state index contributed by atoms with van der Waals surface area (Å²) in [7, 11) is 0. The van der Waals surface area contributed by atoms with Crippen LogP contribution in [0.3, 0.4) is 0 Å². The van der Waals surface area contributed by atoms with E-state index in [4.69, 9.17) is 5.73 Å². The Bertz CT molecular complexity index is 636. The molecule has 2 N–H and O–H groups in total. The monoisotopic (exact) mass is 308 g/mol. The van der Waals surface area contributed by atoms with Crippen molar-refractivity contribution in [2.45, 2.75) is 31.7 Å². The minimum absolute atomic E-state index is 0.141. The van der Waals surface area contributed by atoms with Gasteiger partial charge in [0.1, 0.15) is 0 Å². The highest BCUT2D eigenvalue weighted by atomic mass is 16.2. The molecule has 3 rings (SSSR count). The van der Waals surface area contributed by atoms with Crippen molar-refractivity contribution >= 4 is 5.91 Å². The summed E-state index contributed by atoms with van der Waals surface area (Å²) in [5, 5.41) is 0. The molecule has 2 aromatic rings. The molecule has 1 heterocycles. The average molecular weight is 308 g/mol. The third kappa shape index (κ3) is 3.80. The Balaban J connectivity index is 1.66. The van der Waals surface area contributed by atoms with E-state index >= 15 is 0 Å². The van der Waals surface area contributed by atoms with Crippen LogP contribution in [0.4, 0.5) is 0 Å². The summed E-state index contributed by atoms with van der Waals surface area (Å²) in [4.78, 5) is 14.7. The number of benzene rings is 2.